The fourth-order valence-electron chi connectivity index (χ4n) is 1.59. The standard InChI is InChI=1S/C14H21BrN2O2.ClH/c1-9(2)19-13-6-11(5-12(15)7-13)14(18)17(4)10(3)8-16;/h5-7,9-10H,8,16H2,1-4H3;1H. The lowest BCUT2D eigenvalue weighted by Crippen LogP contribution is -2.39. The zero-order valence-electron chi connectivity index (χ0n) is 12.2. The molecular weight excluding hydrogens is 344 g/mol. The molecule has 0 spiro atoms. The number of hydrogen-bond acceptors (Lipinski definition) is 3. The van der Waals surface area contributed by atoms with Crippen molar-refractivity contribution in [3.63, 3.8) is 0 Å². The molecule has 0 saturated heterocycles. The quantitative estimate of drug-likeness (QED) is 0.872. The van der Waals surface area contributed by atoms with Crippen LogP contribution in [0.15, 0.2) is 22.7 Å². The van der Waals surface area contributed by atoms with Gasteiger partial charge in [-0.05, 0) is 39.0 Å². The highest BCUT2D eigenvalue weighted by Crippen LogP contribution is 2.23. The number of halogens is 2. The Morgan fingerprint density at radius 2 is 1.95 bits per heavy atom. The van der Waals surface area contributed by atoms with Gasteiger partial charge in [-0.2, -0.15) is 0 Å². The van der Waals surface area contributed by atoms with Crippen LogP contribution in [-0.2, 0) is 0 Å². The predicted octanol–water partition coefficient (Wildman–Crippen LogP) is 3.08. The molecule has 1 aromatic carbocycles. The van der Waals surface area contributed by atoms with E-state index in [2.05, 4.69) is 15.9 Å². The number of carbonyl (C=O) groups is 1. The lowest BCUT2D eigenvalue weighted by Gasteiger charge is -2.24. The number of likely N-dealkylation sites (N-methyl/N-ethyl adjacent to an activating group) is 1. The largest absolute Gasteiger partial charge is 0.491 e. The molecule has 0 saturated carbocycles. The monoisotopic (exact) mass is 364 g/mol. The summed E-state index contributed by atoms with van der Waals surface area (Å²) in [6.07, 6.45) is 0.0675. The smallest absolute Gasteiger partial charge is 0.254 e. The Balaban J connectivity index is 0.00000361. The number of nitrogens with zero attached hydrogens (tertiary/aromatic N) is 1. The van der Waals surface area contributed by atoms with Gasteiger partial charge in [0.1, 0.15) is 5.75 Å². The molecule has 20 heavy (non-hydrogen) atoms. The minimum Gasteiger partial charge on any atom is -0.491 e. The van der Waals surface area contributed by atoms with Crippen molar-refractivity contribution < 1.29 is 9.53 Å². The normalized spacial score (nSPS) is 11.8. The second-order valence-corrected chi connectivity index (χ2v) is 5.76. The van der Waals surface area contributed by atoms with Crippen molar-refractivity contribution in [3.05, 3.63) is 28.2 Å². The molecule has 2 N–H and O–H groups in total. The third-order valence-corrected chi connectivity index (χ3v) is 3.27. The molecule has 6 heteroatoms. The summed E-state index contributed by atoms with van der Waals surface area (Å²) in [7, 11) is 1.75. The average molecular weight is 366 g/mol. The average Bonchev–Trinajstić information content (AvgIpc) is 2.34. The van der Waals surface area contributed by atoms with Gasteiger partial charge in [0.25, 0.3) is 5.91 Å². The van der Waals surface area contributed by atoms with Crippen molar-refractivity contribution in [3.8, 4) is 5.75 Å². The summed E-state index contributed by atoms with van der Waals surface area (Å²) in [6, 6.07) is 5.39. The summed E-state index contributed by atoms with van der Waals surface area (Å²) < 4.78 is 6.45. The summed E-state index contributed by atoms with van der Waals surface area (Å²) in [5, 5.41) is 0. The molecule has 1 unspecified atom stereocenters. The van der Waals surface area contributed by atoms with Crippen LogP contribution in [0.1, 0.15) is 31.1 Å². The summed E-state index contributed by atoms with van der Waals surface area (Å²) in [4.78, 5) is 14.0. The van der Waals surface area contributed by atoms with Gasteiger partial charge in [-0.1, -0.05) is 15.9 Å². The number of rotatable bonds is 5. The topological polar surface area (TPSA) is 55.6 Å². The molecular formula is C14H22BrClN2O2. The van der Waals surface area contributed by atoms with Gasteiger partial charge in [0.2, 0.25) is 0 Å². The lowest BCUT2D eigenvalue weighted by atomic mass is 10.1. The Labute approximate surface area is 135 Å². The van der Waals surface area contributed by atoms with E-state index < -0.39 is 0 Å². The molecule has 1 amide bonds. The van der Waals surface area contributed by atoms with Crippen molar-refractivity contribution in [2.45, 2.75) is 32.9 Å². The summed E-state index contributed by atoms with van der Waals surface area (Å²) in [6.45, 7) is 6.25. The van der Waals surface area contributed by atoms with Gasteiger partial charge in [-0.3, -0.25) is 4.79 Å². The first kappa shape index (κ1) is 19.2. The molecule has 0 fully saturated rings. The van der Waals surface area contributed by atoms with Crippen molar-refractivity contribution >= 4 is 34.2 Å². The van der Waals surface area contributed by atoms with Crippen LogP contribution in [0.3, 0.4) is 0 Å². The van der Waals surface area contributed by atoms with Crippen LogP contribution in [0.25, 0.3) is 0 Å². The van der Waals surface area contributed by atoms with Gasteiger partial charge < -0.3 is 15.4 Å². The molecule has 0 radical (unpaired) electrons. The van der Waals surface area contributed by atoms with E-state index in [4.69, 9.17) is 10.5 Å². The first-order valence-corrected chi connectivity index (χ1v) is 7.09. The Hall–Kier alpha value is -0.780. The molecule has 0 heterocycles. The number of carbonyl (C=O) groups excluding carboxylic acids is 1. The van der Waals surface area contributed by atoms with Crippen LogP contribution < -0.4 is 10.5 Å². The minimum absolute atomic E-state index is 0. The van der Waals surface area contributed by atoms with Gasteiger partial charge >= 0.3 is 0 Å². The zero-order valence-corrected chi connectivity index (χ0v) is 14.6. The number of nitrogens with two attached hydrogens (primary N) is 1. The highest BCUT2D eigenvalue weighted by Gasteiger charge is 2.17. The third kappa shape index (κ3) is 5.31. The fourth-order valence-corrected chi connectivity index (χ4v) is 2.06. The number of hydrogen-bond donors (Lipinski definition) is 1. The Morgan fingerprint density at radius 3 is 2.45 bits per heavy atom. The van der Waals surface area contributed by atoms with E-state index in [0.29, 0.717) is 17.9 Å². The first-order chi connectivity index (χ1) is 8.85. The van der Waals surface area contributed by atoms with Gasteiger partial charge in [-0.15, -0.1) is 12.4 Å². The molecule has 0 aliphatic carbocycles. The molecule has 114 valence electrons. The van der Waals surface area contributed by atoms with E-state index in [1.807, 2.05) is 26.8 Å². The second-order valence-electron chi connectivity index (χ2n) is 4.84. The minimum atomic E-state index is -0.0622. The third-order valence-electron chi connectivity index (χ3n) is 2.81. The maximum Gasteiger partial charge on any atom is 0.254 e. The Kier molecular flexibility index (Phi) is 8.16. The van der Waals surface area contributed by atoms with Crippen molar-refractivity contribution in [1.29, 1.82) is 0 Å². The van der Waals surface area contributed by atoms with E-state index in [1.54, 1.807) is 24.1 Å². The molecule has 0 aliphatic rings. The SMILES string of the molecule is CC(C)Oc1cc(Br)cc(C(=O)N(C)C(C)CN)c1.Cl. The van der Waals surface area contributed by atoms with E-state index in [1.165, 1.54) is 0 Å². The van der Waals surface area contributed by atoms with Crippen LogP contribution >= 0.6 is 28.3 Å². The van der Waals surface area contributed by atoms with Gasteiger partial charge in [-0.25, -0.2) is 0 Å². The molecule has 0 bridgehead atoms. The van der Waals surface area contributed by atoms with E-state index in [9.17, 15) is 4.79 Å². The molecule has 1 rings (SSSR count). The summed E-state index contributed by atoms with van der Waals surface area (Å²) >= 11 is 3.40. The predicted molar refractivity (Wildman–Crippen MR) is 87.8 cm³/mol. The maximum absolute atomic E-state index is 12.3. The van der Waals surface area contributed by atoms with Crippen LogP contribution in [0.5, 0.6) is 5.75 Å². The second kappa shape index (κ2) is 8.49. The van der Waals surface area contributed by atoms with E-state index in [-0.39, 0.29) is 30.5 Å². The number of ether oxygens (including phenoxy) is 1. The van der Waals surface area contributed by atoms with Crippen LogP contribution in [0.2, 0.25) is 0 Å². The molecule has 1 atom stereocenters. The fraction of sp³-hybridized carbons (Fsp3) is 0.500. The maximum atomic E-state index is 12.3. The van der Waals surface area contributed by atoms with E-state index in [0.717, 1.165) is 4.47 Å². The Bertz CT molecular complexity index is 455. The molecule has 0 aliphatic heterocycles. The van der Waals surface area contributed by atoms with E-state index >= 15 is 0 Å². The Morgan fingerprint density at radius 1 is 1.35 bits per heavy atom. The van der Waals surface area contributed by atoms with Crippen molar-refractivity contribution in [2.24, 2.45) is 5.73 Å². The van der Waals surface area contributed by atoms with Crippen molar-refractivity contribution in [2.75, 3.05) is 13.6 Å². The highest BCUT2D eigenvalue weighted by molar-refractivity contribution is 9.10. The number of amides is 1. The first-order valence-electron chi connectivity index (χ1n) is 6.29. The molecule has 4 nitrogen and oxygen atoms in total. The van der Waals surface area contributed by atoms with Gasteiger partial charge in [0.05, 0.1) is 6.10 Å². The van der Waals surface area contributed by atoms with Crippen molar-refractivity contribution in [1.82, 2.24) is 4.90 Å². The zero-order chi connectivity index (χ0) is 14.6. The summed E-state index contributed by atoms with van der Waals surface area (Å²) in [5.41, 5.74) is 6.18. The van der Waals surface area contributed by atoms with Crippen LogP contribution in [0.4, 0.5) is 0 Å². The highest BCUT2D eigenvalue weighted by atomic mass is 79.9. The van der Waals surface area contributed by atoms with Gasteiger partial charge in [0, 0.05) is 29.7 Å². The number of benzene rings is 1. The van der Waals surface area contributed by atoms with Crippen LogP contribution in [-0.4, -0.2) is 36.5 Å². The lowest BCUT2D eigenvalue weighted by molar-refractivity contribution is 0.0747. The summed E-state index contributed by atoms with van der Waals surface area (Å²) in [5.74, 6) is 0.620. The molecule has 0 aromatic heterocycles. The molecule has 1 aromatic rings. The van der Waals surface area contributed by atoms with Gasteiger partial charge in [0.15, 0.2) is 0 Å². The van der Waals surface area contributed by atoms with Crippen LogP contribution in [0, 0.1) is 0 Å².